The zero-order valence-corrected chi connectivity index (χ0v) is 17.4. The van der Waals surface area contributed by atoms with Gasteiger partial charge in [-0.25, -0.2) is 33.7 Å². The Labute approximate surface area is 174 Å². The van der Waals surface area contributed by atoms with E-state index in [-0.39, 0.29) is 17.4 Å². The number of halogens is 12. The average Bonchev–Trinajstić information content (AvgIpc) is 2.30. The summed E-state index contributed by atoms with van der Waals surface area (Å²) < 4.78 is 217. The monoisotopic (exact) mass is 614 g/mol. The van der Waals surface area contributed by atoms with Crippen molar-refractivity contribution in [3.8, 4) is 0 Å². The summed E-state index contributed by atoms with van der Waals surface area (Å²) >= 11 is 0. The first kappa shape index (κ1) is 35.0. The SMILES string of the molecule is O=S(=O)(NS(=O)(=O)C(F)(F)F)C(F)(F)F.O=S(=O)(NS(=O)(=O)C(F)(F)F)C(F)(F)F.[Cr]. The van der Waals surface area contributed by atoms with Crippen molar-refractivity contribution >= 4 is 40.1 Å². The predicted molar refractivity (Wildman–Crippen MR) is 66.2 cm³/mol. The Hall–Kier alpha value is -0.588. The number of hydrogen-bond acceptors (Lipinski definition) is 8. The molecule has 0 rings (SSSR count). The number of nitrogens with one attached hydrogen (secondary N) is 2. The maximum absolute atomic E-state index is 11.5. The molecule has 2 N–H and O–H groups in total. The maximum Gasteiger partial charge on any atom is 0.512 e. The van der Waals surface area contributed by atoms with Gasteiger partial charge in [-0.1, -0.05) is 8.25 Å². The normalized spacial score (nSPS) is 14.8. The van der Waals surface area contributed by atoms with E-state index >= 15 is 0 Å². The van der Waals surface area contributed by atoms with Gasteiger partial charge < -0.3 is 0 Å². The van der Waals surface area contributed by atoms with Crippen LogP contribution in [0.3, 0.4) is 0 Å². The Kier molecular flexibility index (Phi) is 11.0. The van der Waals surface area contributed by atoms with Crippen molar-refractivity contribution in [2.45, 2.75) is 22.0 Å². The summed E-state index contributed by atoms with van der Waals surface area (Å²) in [6.45, 7) is 0. The molecule has 0 aliphatic heterocycles. The minimum Gasteiger partial charge on any atom is -0.202 e. The third-order valence-corrected chi connectivity index (χ3v) is 7.61. The van der Waals surface area contributed by atoms with Crippen LogP contribution >= 0.6 is 0 Å². The Morgan fingerprint density at radius 1 is 0.355 bits per heavy atom. The van der Waals surface area contributed by atoms with Crippen molar-refractivity contribution in [2.24, 2.45) is 0 Å². The molecular weight excluding hydrogens is 612 g/mol. The van der Waals surface area contributed by atoms with Gasteiger partial charge in [-0.2, -0.15) is 52.7 Å². The van der Waals surface area contributed by atoms with Crippen LogP contribution in [-0.2, 0) is 57.5 Å². The molecule has 10 nitrogen and oxygen atoms in total. The average molecular weight is 614 g/mol. The predicted octanol–water partition coefficient (Wildman–Crippen LogP) is 0.548. The van der Waals surface area contributed by atoms with Crippen LogP contribution in [0.1, 0.15) is 0 Å². The fraction of sp³-hybridized carbons (Fsp3) is 1.00. The molecule has 0 aromatic heterocycles. The molecule has 0 spiro atoms. The van der Waals surface area contributed by atoms with E-state index in [4.69, 9.17) is 0 Å². The molecule has 0 unspecified atom stereocenters. The molecule has 0 aliphatic carbocycles. The fourth-order valence-corrected chi connectivity index (χ4v) is 4.30. The maximum atomic E-state index is 11.5. The second-order valence-corrected chi connectivity index (χ2v) is 11.2. The Bertz CT molecular complexity index is 862. The summed E-state index contributed by atoms with van der Waals surface area (Å²) in [6, 6.07) is 0. The van der Waals surface area contributed by atoms with E-state index < -0.39 is 70.4 Å². The zero-order valence-electron chi connectivity index (χ0n) is 12.8. The Morgan fingerprint density at radius 3 is 0.516 bits per heavy atom. The van der Waals surface area contributed by atoms with Crippen LogP contribution in [0.5, 0.6) is 0 Å². The van der Waals surface area contributed by atoms with Crippen molar-refractivity contribution in [1.82, 2.24) is 8.25 Å². The molecule has 27 heteroatoms. The van der Waals surface area contributed by atoms with Crippen molar-refractivity contribution in [3.63, 3.8) is 0 Å². The first-order valence-electron chi connectivity index (χ1n) is 5.23. The van der Waals surface area contributed by atoms with E-state index in [1.165, 1.54) is 0 Å². The molecular formula is C4H2CrF12N2O8S4. The second kappa shape index (κ2) is 9.72. The minimum absolute atomic E-state index is 0. The van der Waals surface area contributed by atoms with Gasteiger partial charge in [0.2, 0.25) is 0 Å². The van der Waals surface area contributed by atoms with E-state index in [9.17, 15) is 86.4 Å². The summed E-state index contributed by atoms with van der Waals surface area (Å²) in [4.78, 5) is 0. The van der Waals surface area contributed by atoms with Gasteiger partial charge in [0.25, 0.3) is 0 Å². The summed E-state index contributed by atoms with van der Waals surface area (Å²) in [7, 11) is -26.4. The fourth-order valence-electron chi connectivity index (χ4n) is 0.478. The molecule has 0 atom stereocenters. The molecule has 0 heterocycles. The second-order valence-electron chi connectivity index (χ2n) is 3.96. The molecule has 0 bridgehead atoms. The molecule has 0 radical (unpaired) electrons. The zero-order chi connectivity index (χ0) is 25.4. The van der Waals surface area contributed by atoms with Gasteiger partial charge in [0, 0.05) is 17.4 Å². The Morgan fingerprint density at radius 2 is 0.452 bits per heavy atom. The molecule has 0 aliphatic rings. The van der Waals surface area contributed by atoms with E-state index in [0.717, 1.165) is 0 Å². The number of sulfonamides is 4. The van der Waals surface area contributed by atoms with Crippen LogP contribution in [0, 0.1) is 0 Å². The smallest absolute Gasteiger partial charge is 0.202 e. The largest absolute Gasteiger partial charge is 0.512 e. The van der Waals surface area contributed by atoms with Crippen LogP contribution in [0.25, 0.3) is 0 Å². The molecule has 0 aromatic rings. The molecule has 0 saturated carbocycles. The summed E-state index contributed by atoms with van der Waals surface area (Å²) in [5.74, 6) is 0. The van der Waals surface area contributed by atoms with Crippen LogP contribution < -0.4 is 8.25 Å². The standard InChI is InChI=1S/2C2HF6NO4S2.Cr/c2*3-1(4,5)14(10,11)9-15(12,13)2(6,7)8;/h2*9H;. The first-order chi connectivity index (χ1) is 12.4. The van der Waals surface area contributed by atoms with Gasteiger partial charge in [0.15, 0.2) is 0 Å². The van der Waals surface area contributed by atoms with E-state index in [1.54, 1.807) is 0 Å². The molecule has 190 valence electrons. The molecule has 0 fully saturated rings. The van der Waals surface area contributed by atoms with Gasteiger partial charge in [0.05, 0.1) is 0 Å². The molecule has 31 heavy (non-hydrogen) atoms. The van der Waals surface area contributed by atoms with E-state index in [0.29, 0.717) is 0 Å². The van der Waals surface area contributed by atoms with Gasteiger partial charge in [-0.15, -0.1) is 0 Å². The van der Waals surface area contributed by atoms with Crippen LogP contribution in [0.2, 0.25) is 0 Å². The van der Waals surface area contributed by atoms with Gasteiger partial charge in [-0.3, -0.25) is 0 Å². The number of hydrogen-bond donors (Lipinski definition) is 2. The van der Waals surface area contributed by atoms with E-state index in [1.807, 2.05) is 0 Å². The molecule has 0 aromatic carbocycles. The van der Waals surface area contributed by atoms with Crippen molar-refractivity contribution in [1.29, 1.82) is 0 Å². The Balaban J connectivity index is -0.000000490. The number of rotatable bonds is 4. The third kappa shape index (κ3) is 9.83. The van der Waals surface area contributed by atoms with Gasteiger partial charge in [0.1, 0.15) is 0 Å². The van der Waals surface area contributed by atoms with Crippen LogP contribution in [0.15, 0.2) is 0 Å². The molecule has 0 saturated heterocycles. The third-order valence-electron chi connectivity index (χ3n) is 1.66. The first-order valence-corrected chi connectivity index (χ1v) is 11.2. The summed E-state index contributed by atoms with van der Waals surface area (Å²) in [6.07, 6.45) is 0. The summed E-state index contributed by atoms with van der Waals surface area (Å²) in [5.41, 5.74) is -24.6. The van der Waals surface area contributed by atoms with Gasteiger partial charge >= 0.3 is 62.1 Å². The van der Waals surface area contributed by atoms with Crippen molar-refractivity contribution < 1.29 is 104 Å². The van der Waals surface area contributed by atoms with Crippen molar-refractivity contribution in [3.05, 3.63) is 0 Å². The van der Waals surface area contributed by atoms with Gasteiger partial charge in [-0.05, 0) is 0 Å². The topological polar surface area (TPSA) is 161 Å². The number of alkyl halides is 12. The van der Waals surface area contributed by atoms with Crippen LogP contribution in [0.4, 0.5) is 52.7 Å². The molecule has 0 amide bonds. The van der Waals surface area contributed by atoms with E-state index in [2.05, 4.69) is 0 Å². The minimum atomic E-state index is -6.60. The van der Waals surface area contributed by atoms with Crippen molar-refractivity contribution in [2.75, 3.05) is 0 Å². The quantitative estimate of drug-likeness (QED) is 0.435. The van der Waals surface area contributed by atoms with Crippen LogP contribution in [-0.4, -0.2) is 55.7 Å². The summed E-state index contributed by atoms with van der Waals surface area (Å²) in [5, 5.41) is 0.